The summed E-state index contributed by atoms with van der Waals surface area (Å²) in [6, 6.07) is 13.1. The van der Waals surface area contributed by atoms with Gasteiger partial charge < -0.3 is 10.0 Å². The predicted molar refractivity (Wildman–Crippen MR) is 125 cm³/mol. The van der Waals surface area contributed by atoms with Crippen molar-refractivity contribution < 1.29 is 14.7 Å². The zero-order valence-corrected chi connectivity index (χ0v) is 19.2. The van der Waals surface area contributed by atoms with Crippen LogP contribution in [0.25, 0.3) is 5.76 Å². The summed E-state index contributed by atoms with van der Waals surface area (Å²) in [7, 11) is 0. The molecule has 0 bridgehead atoms. The van der Waals surface area contributed by atoms with E-state index in [9.17, 15) is 14.7 Å². The second-order valence-corrected chi connectivity index (χ2v) is 8.82. The van der Waals surface area contributed by atoms with Gasteiger partial charge in [0, 0.05) is 12.1 Å². The first-order chi connectivity index (χ1) is 14.8. The van der Waals surface area contributed by atoms with E-state index in [0.717, 1.165) is 36.0 Å². The highest BCUT2D eigenvalue weighted by Crippen LogP contribution is 2.40. The molecule has 1 amide bonds. The molecule has 0 aromatic heterocycles. The molecule has 4 nitrogen and oxygen atoms in total. The van der Waals surface area contributed by atoms with Gasteiger partial charge in [-0.15, -0.1) is 0 Å². The first-order valence-corrected chi connectivity index (χ1v) is 11.2. The number of aryl methyl sites for hydroxylation is 2. The van der Waals surface area contributed by atoms with Gasteiger partial charge in [-0.2, -0.15) is 0 Å². The first-order valence-electron chi connectivity index (χ1n) is 11.2. The molecular formula is C27H33NO3. The SMILES string of the molecule is CCCCCN1C(=O)C(=O)/C(=C(\O)c2ccc(C)c(C)c2)C1c1ccc(C(C)C)cc1. The van der Waals surface area contributed by atoms with Gasteiger partial charge in [-0.05, 0) is 54.5 Å². The fourth-order valence-corrected chi connectivity index (χ4v) is 4.10. The average molecular weight is 420 g/mol. The van der Waals surface area contributed by atoms with E-state index in [1.165, 1.54) is 5.56 Å². The lowest BCUT2D eigenvalue weighted by Gasteiger charge is -2.25. The summed E-state index contributed by atoms with van der Waals surface area (Å²) < 4.78 is 0. The number of aliphatic hydroxyl groups is 1. The summed E-state index contributed by atoms with van der Waals surface area (Å²) in [6.07, 6.45) is 2.84. The third-order valence-electron chi connectivity index (χ3n) is 6.24. The minimum Gasteiger partial charge on any atom is -0.507 e. The topological polar surface area (TPSA) is 57.6 Å². The Kier molecular flexibility index (Phi) is 6.99. The highest BCUT2D eigenvalue weighted by Gasteiger charge is 2.45. The number of nitrogens with zero attached hydrogens (tertiary/aromatic N) is 1. The van der Waals surface area contributed by atoms with Gasteiger partial charge in [0.25, 0.3) is 11.7 Å². The largest absolute Gasteiger partial charge is 0.507 e. The first kappa shape index (κ1) is 22.8. The lowest BCUT2D eigenvalue weighted by molar-refractivity contribution is -0.139. The molecule has 0 saturated carbocycles. The van der Waals surface area contributed by atoms with Crippen molar-refractivity contribution in [1.29, 1.82) is 0 Å². The molecule has 2 aromatic rings. The third kappa shape index (κ3) is 4.58. The molecular weight excluding hydrogens is 386 g/mol. The van der Waals surface area contributed by atoms with Gasteiger partial charge in [0.15, 0.2) is 0 Å². The van der Waals surface area contributed by atoms with E-state index in [1.54, 1.807) is 11.0 Å². The molecule has 1 saturated heterocycles. The molecule has 3 rings (SSSR count). The fourth-order valence-electron chi connectivity index (χ4n) is 4.10. The second kappa shape index (κ2) is 9.51. The number of benzene rings is 2. The van der Waals surface area contributed by atoms with Crippen LogP contribution in [0.15, 0.2) is 48.0 Å². The van der Waals surface area contributed by atoms with Crippen molar-refractivity contribution in [1.82, 2.24) is 4.90 Å². The van der Waals surface area contributed by atoms with Crippen molar-refractivity contribution in [2.45, 2.75) is 65.8 Å². The number of hydrogen-bond donors (Lipinski definition) is 1. The molecule has 164 valence electrons. The summed E-state index contributed by atoms with van der Waals surface area (Å²) >= 11 is 0. The molecule has 1 fully saturated rings. The normalized spacial score (nSPS) is 18.3. The predicted octanol–water partition coefficient (Wildman–Crippen LogP) is 6.04. The number of carbonyl (C=O) groups is 2. The van der Waals surface area contributed by atoms with Crippen LogP contribution >= 0.6 is 0 Å². The van der Waals surface area contributed by atoms with Gasteiger partial charge >= 0.3 is 0 Å². The van der Waals surface area contributed by atoms with Gasteiger partial charge in [-0.1, -0.05) is 70.0 Å². The van der Waals surface area contributed by atoms with Crippen molar-refractivity contribution in [2.24, 2.45) is 0 Å². The van der Waals surface area contributed by atoms with E-state index < -0.39 is 17.7 Å². The molecule has 1 heterocycles. The number of ketones is 1. The molecule has 2 aromatic carbocycles. The lowest BCUT2D eigenvalue weighted by atomic mass is 9.92. The highest BCUT2D eigenvalue weighted by atomic mass is 16.3. The van der Waals surface area contributed by atoms with Crippen LogP contribution in [0.4, 0.5) is 0 Å². The van der Waals surface area contributed by atoms with Crippen LogP contribution in [0.5, 0.6) is 0 Å². The van der Waals surface area contributed by atoms with Crippen LogP contribution in [0, 0.1) is 13.8 Å². The number of carbonyl (C=O) groups excluding carboxylic acids is 2. The molecule has 0 spiro atoms. The maximum Gasteiger partial charge on any atom is 0.295 e. The van der Waals surface area contributed by atoms with E-state index in [2.05, 4.69) is 20.8 Å². The maximum atomic E-state index is 13.1. The summed E-state index contributed by atoms with van der Waals surface area (Å²) in [5.74, 6) is -0.845. The van der Waals surface area contributed by atoms with Crippen LogP contribution in [-0.2, 0) is 9.59 Å². The number of likely N-dealkylation sites (tertiary alicyclic amines) is 1. The van der Waals surface area contributed by atoms with Gasteiger partial charge in [0.1, 0.15) is 5.76 Å². The Morgan fingerprint density at radius 2 is 1.68 bits per heavy atom. The molecule has 31 heavy (non-hydrogen) atoms. The molecule has 1 atom stereocenters. The summed E-state index contributed by atoms with van der Waals surface area (Å²) in [6.45, 7) is 10.8. The molecule has 1 aliphatic heterocycles. The van der Waals surface area contributed by atoms with E-state index >= 15 is 0 Å². The number of hydrogen-bond acceptors (Lipinski definition) is 3. The van der Waals surface area contributed by atoms with Gasteiger partial charge in [-0.3, -0.25) is 9.59 Å². The zero-order chi connectivity index (χ0) is 22.7. The van der Waals surface area contributed by atoms with Crippen molar-refractivity contribution in [3.05, 3.63) is 75.9 Å². The van der Waals surface area contributed by atoms with Crippen LogP contribution in [-0.4, -0.2) is 28.2 Å². The summed E-state index contributed by atoms with van der Waals surface area (Å²) in [5.41, 5.74) is 4.93. The number of aliphatic hydroxyl groups excluding tert-OH is 1. The molecule has 4 heteroatoms. The molecule has 1 N–H and O–H groups in total. The minimum absolute atomic E-state index is 0.0997. The molecule has 1 aliphatic rings. The van der Waals surface area contributed by atoms with Gasteiger partial charge in [-0.25, -0.2) is 0 Å². The number of Topliss-reactive ketones (excluding diaryl/α,β-unsaturated/α-hetero) is 1. The second-order valence-electron chi connectivity index (χ2n) is 8.82. The number of unbranched alkanes of at least 4 members (excludes halogenated alkanes) is 2. The van der Waals surface area contributed by atoms with Crippen molar-refractivity contribution in [3.8, 4) is 0 Å². The van der Waals surface area contributed by atoms with Crippen LogP contribution < -0.4 is 0 Å². The van der Waals surface area contributed by atoms with Crippen molar-refractivity contribution >= 4 is 17.4 Å². The van der Waals surface area contributed by atoms with Gasteiger partial charge in [0.2, 0.25) is 0 Å². The maximum absolute atomic E-state index is 13.1. The van der Waals surface area contributed by atoms with E-state index in [-0.39, 0.29) is 11.3 Å². The standard InChI is InChI=1S/C27H33NO3/c1-6-7-8-15-28-24(21-13-11-20(12-14-21)17(2)3)23(26(30)27(28)31)25(29)22-10-9-18(4)19(5)16-22/h9-14,16-17,24,29H,6-8,15H2,1-5H3/b25-23-. The van der Waals surface area contributed by atoms with E-state index in [1.807, 2.05) is 50.2 Å². The van der Waals surface area contributed by atoms with Crippen molar-refractivity contribution in [2.75, 3.05) is 6.54 Å². The Morgan fingerprint density at radius 3 is 2.26 bits per heavy atom. The Hall–Kier alpha value is -2.88. The Balaban J connectivity index is 2.12. The summed E-state index contributed by atoms with van der Waals surface area (Å²) in [4.78, 5) is 27.7. The Morgan fingerprint density at radius 1 is 1.00 bits per heavy atom. The number of rotatable bonds is 7. The third-order valence-corrected chi connectivity index (χ3v) is 6.24. The van der Waals surface area contributed by atoms with Crippen LogP contribution in [0.2, 0.25) is 0 Å². The lowest BCUT2D eigenvalue weighted by Crippen LogP contribution is -2.30. The van der Waals surface area contributed by atoms with E-state index in [0.29, 0.717) is 18.0 Å². The monoisotopic (exact) mass is 419 g/mol. The Bertz CT molecular complexity index is 1000. The van der Waals surface area contributed by atoms with Crippen molar-refractivity contribution in [3.63, 3.8) is 0 Å². The molecule has 0 aliphatic carbocycles. The van der Waals surface area contributed by atoms with Gasteiger partial charge in [0.05, 0.1) is 11.6 Å². The summed E-state index contributed by atoms with van der Waals surface area (Å²) in [5, 5.41) is 11.2. The highest BCUT2D eigenvalue weighted by molar-refractivity contribution is 6.46. The number of amides is 1. The zero-order valence-electron chi connectivity index (χ0n) is 19.2. The quantitative estimate of drug-likeness (QED) is 0.258. The van der Waals surface area contributed by atoms with Crippen LogP contribution in [0.1, 0.15) is 79.8 Å². The fraction of sp³-hybridized carbons (Fsp3) is 0.407. The Labute approximate surface area is 185 Å². The minimum atomic E-state index is -0.606. The molecule has 0 radical (unpaired) electrons. The smallest absolute Gasteiger partial charge is 0.295 e. The van der Waals surface area contributed by atoms with Crippen LogP contribution in [0.3, 0.4) is 0 Å². The van der Waals surface area contributed by atoms with E-state index in [4.69, 9.17) is 0 Å². The molecule has 1 unspecified atom stereocenters. The average Bonchev–Trinajstić information content (AvgIpc) is 3.00.